The lowest BCUT2D eigenvalue weighted by molar-refractivity contribution is -0.129. The van der Waals surface area contributed by atoms with Crippen LogP contribution in [-0.4, -0.2) is 33.4 Å². The van der Waals surface area contributed by atoms with E-state index in [9.17, 15) is 4.79 Å². The lowest BCUT2D eigenvalue weighted by atomic mass is 9.86. The number of hydrogen-bond donors (Lipinski definition) is 0. The number of amides is 1. The topological polar surface area (TPSA) is 55.3 Å². The summed E-state index contributed by atoms with van der Waals surface area (Å²) in [4.78, 5) is 24.9. The monoisotopic (exact) mass is 359 g/mol. The first-order valence-electron chi connectivity index (χ1n) is 9.33. The third-order valence-corrected chi connectivity index (χ3v) is 6.89. The van der Waals surface area contributed by atoms with Crippen LogP contribution < -0.4 is 4.74 Å². The zero-order valence-corrected chi connectivity index (χ0v) is 15.8. The van der Waals surface area contributed by atoms with Crippen LogP contribution in [0.5, 0.6) is 5.88 Å². The lowest BCUT2D eigenvalue weighted by Crippen LogP contribution is -2.33. The second kappa shape index (κ2) is 6.90. The summed E-state index contributed by atoms with van der Waals surface area (Å²) in [6.07, 6.45) is 8.74. The third-order valence-electron chi connectivity index (χ3n) is 5.69. The Hall–Kier alpha value is -1.69. The molecule has 1 aliphatic heterocycles. The summed E-state index contributed by atoms with van der Waals surface area (Å²) in [5, 5.41) is 1.03. The van der Waals surface area contributed by atoms with E-state index in [4.69, 9.17) is 4.74 Å². The predicted octanol–water partition coefficient (Wildman–Crippen LogP) is 3.94. The molecular formula is C19H25N3O2S. The molecule has 0 spiro atoms. The van der Waals surface area contributed by atoms with E-state index < -0.39 is 0 Å². The van der Waals surface area contributed by atoms with Gasteiger partial charge in [0.25, 0.3) is 0 Å². The van der Waals surface area contributed by atoms with Crippen LogP contribution in [0.4, 0.5) is 0 Å². The van der Waals surface area contributed by atoms with Gasteiger partial charge in [0, 0.05) is 30.5 Å². The summed E-state index contributed by atoms with van der Waals surface area (Å²) in [5.74, 6) is 1.69. The Kier molecular flexibility index (Phi) is 4.63. The molecule has 5 nitrogen and oxygen atoms in total. The van der Waals surface area contributed by atoms with E-state index in [0.717, 1.165) is 41.9 Å². The smallest absolute Gasteiger partial charge is 0.225 e. The fraction of sp³-hybridized carbons (Fsp3) is 0.632. The summed E-state index contributed by atoms with van der Waals surface area (Å²) in [5.41, 5.74) is 1.19. The number of hydrogen-bond acceptors (Lipinski definition) is 5. The molecule has 0 aromatic carbocycles. The van der Waals surface area contributed by atoms with Crippen molar-refractivity contribution >= 4 is 27.5 Å². The molecule has 0 bridgehead atoms. The number of carbonyl (C=O) groups is 1. The molecule has 3 heterocycles. The molecule has 1 fully saturated rings. The molecule has 25 heavy (non-hydrogen) atoms. The number of rotatable bonds is 3. The quantitative estimate of drug-likeness (QED) is 0.833. The van der Waals surface area contributed by atoms with Crippen molar-refractivity contribution in [2.45, 2.75) is 65.0 Å². The van der Waals surface area contributed by atoms with Gasteiger partial charge in [0.05, 0.1) is 5.39 Å². The Labute approximate surface area is 152 Å². The number of thiophene rings is 1. The first-order valence-corrected chi connectivity index (χ1v) is 10.1. The van der Waals surface area contributed by atoms with E-state index in [1.54, 1.807) is 24.6 Å². The van der Waals surface area contributed by atoms with Crippen molar-refractivity contribution in [2.75, 3.05) is 6.54 Å². The summed E-state index contributed by atoms with van der Waals surface area (Å²) in [6.45, 7) is 5.36. The number of aromatic nitrogens is 2. The molecule has 2 aromatic heterocycles. The van der Waals surface area contributed by atoms with Gasteiger partial charge in [-0.05, 0) is 38.0 Å². The summed E-state index contributed by atoms with van der Waals surface area (Å²) in [7, 11) is 0. The lowest BCUT2D eigenvalue weighted by Gasteiger charge is -2.28. The van der Waals surface area contributed by atoms with Gasteiger partial charge in [0.15, 0.2) is 0 Å². The normalized spacial score (nSPS) is 23.5. The fourth-order valence-electron chi connectivity index (χ4n) is 4.06. The van der Waals surface area contributed by atoms with Crippen molar-refractivity contribution in [3.05, 3.63) is 16.8 Å². The highest BCUT2D eigenvalue weighted by molar-refractivity contribution is 7.18. The molecule has 2 aromatic rings. The first-order chi connectivity index (χ1) is 12.2. The molecule has 0 N–H and O–H groups in total. The van der Waals surface area contributed by atoms with Gasteiger partial charge in [0.1, 0.15) is 17.3 Å². The molecular weight excluding hydrogens is 334 g/mol. The second-order valence-corrected chi connectivity index (χ2v) is 8.31. The van der Waals surface area contributed by atoms with E-state index in [0.29, 0.717) is 12.4 Å². The molecule has 0 saturated heterocycles. The Morgan fingerprint density at radius 1 is 1.32 bits per heavy atom. The van der Waals surface area contributed by atoms with Crippen LogP contribution in [0.3, 0.4) is 0 Å². The van der Waals surface area contributed by atoms with E-state index in [-0.39, 0.29) is 12.0 Å². The zero-order valence-electron chi connectivity index (χ0n) is 15.0. The number of nitrogens with zero attached hydrogens (tertiary/aromatic N) is 3. The number of carbonyl (C=O) groups excluding carboxylic acids is 1. The van der Waals surface area contributed by atoms with Crippen LogP contribution in [0.15, 0.2) is 6.33 Å². The van der Waals surface area contributed by atoms with Crippen LogP contribution in [0, 0.1) is 5.92 Å². The van der Waals surface area contributed by atoms with Gasteiger partial charge in [-0.25, -0.2) is 9.97 Å². The van der Waals surface area contributed by atoms with E-state index in [1.807, 2.05) is 4.90 Å². The van der Waals surface area contributed by atoms with Gasteiger partial charge in [-0.2, -0.15) is 0 Å². The van der Waals surface area contributed by atoms with Gasteiger partial charge in [-0.15, -0.1) is 11.3 Å². The number of fused-ring (bicyclic) bond motifs is 3. The minimum atomic E-state index is 0.127. The Bertz CT molecular complexity index is 780. The van der Waals surface area contributed by atoms with Crippen LogP contribution in [0.1, 0.15) is 56.4 Å². The van der Waals surface area contributed by atoms with Gasteiger partial charge in [0.2, 0.25) is 11.8 Å². The molecule has 6 heteroatoms. The van der Waals surface area contributed by atoms with Crippen molar-refractivity contribution in [2.24, 2.45) is 5.92 Å². The van der Waals surface area contributed by atoms with Crippen molar-refractivity contribution < 1.29 is 9.53 Å². The maximum Gasteiger partial charge on any atom is 0.225 e. The average Bonchev–Trinajstić information content (AvgIpc) is 3.01. The molecule has 1 aliphatic carbocycles. The molecule has 1 amide bonds. The van der Waals surface area contributed by atoms with Crippen LogP contribution >= 0.6 is 11.3 Å². The molecule has 0 unspecified atom stereocenters. The largest absolute Gasteiger partial charge is 0.474 e. The highest BCUT2D eigenvalue weighted by Gasteiger charge is 2.27. The predicted molar refractivity (Wildman–Crippen MR) is 98.9 cm³/mol. The number of ether oxygens (including phenoxy) is 1. The SMILES string of the molecule is CCC1CCC(Oc2ncnc3sc4c(c23)CN(C(C)=O)CC4)CC1. The van der Waals surface area contributed by atoms with Crippen molar-refractivity contribution in [1.29, 1.82) is 0 Å². The minimum absolute atomic E-state index is 0.127. The van der Waals surface area contributed by atoms with Crippen LogP contribution in [0.2, 0.25) is 0 Å². The molecule has 4 rings (SSSR count). The van der Waals surface area contributed by atoms with Crippen LogP contribution in [0.25, 0.3) is 10.2 Å². The van der Waals surface area contributed by atoms with E-state index in [1.165, 1.54) is 29.7 Å². The molecule has 2 aliphatic rings. The Morgan fingerprint density at radius 3 is 2.84 bits per heavy atom. The Balaban J connectivity index is 1.62. The molecule has 0 atom stereocenters. The van der Waals surface area contributed by atoms with E-state index in [2.05, 4.69) is 16.9 Å². The summed E-state index contributed by atoms with van der Waals surface area (Å²) >= 11 is 1.72. The average molecular weight is 359 g/mol. The summed E-state index contributed by atoms with van der Waals surface area (Å²) in [6, 6.07) is 0. The van der Waals surface area contributed by atoms with Crippen molar-refractivity contribution in [3.8, 4) is 5.88 Å². The minimum Gasteiger partial charge on any atom is -0.474 e. The van der Waals surface area contributed by atoms with Crippen LogP contribution in [-0.2, 0) is 17.8 Å². The van der Waals surface area contributed by atoms with Crippen molar-refractivity contribution in [3.63, 3.8) is 0 Å². The standard InChI is InChI=1S/C19H25N3O2S/c1-3-13-4-6-14(7-5-13)24-18-17-15-10-22(12(2)23)9-8-16(15)25-19(17)21-11-20-18/h11,13-14H,3-10H2,1-2H3. The molecule has 1 saturated carbocycles. The van der Waals surface area contributed by atoms with Gasteiger partial charge in [-0.1, -0.05) is 13.3 Å². The fourth-order valence-corrected chi connectivity index (χ4v) is 5.19. The Morgan fingerprint density at radius 2 is 2.12 bits per heavy atom. The van der Waals surface area contributed by atoms with Gasteiger partial charge < -0.3 is 9.64 Å². The first kappa shape index (κ1) is 16.8. The second-order valence-electron chi connectivity index (χ2n) is 7.22. The zero-order chi connectivity index (χ0) is 17.4. The highest BCUT2D eigenvalue weighted by Crippen LogP contribution is 2.39. The third kappa shape index (κ3) is 3.24. The van der Waals surface area contributed by atoms with E-state index >= 15 is 0 Å². The molecule has 134 valence electrons. The molecule has 0 radical (unpaired) electrons. The summed E-state index contributed by atoms with van der Waals surface area (Å²) < 4.78 is 6.33. The van der Waals surface area contributed by atoms with Crippen molar-refractivity contribution in [1.82, 2.24) is 14.9 Å². The maximum atomic E-state index is 11.8. The highest BCUT2D eigenvalue weighted by atomic mass is 32.1. The maximum absolute atomic E-state index is 11.8. The van der Waals surface area contributed by atoms with Gasteiger partial charge >= 0.3 is 0 Å². The van der Waals surface area contributed by atoms with Gasteiger partial charge in [-0.3, -0.25) is 4.79 Å².